The number of nitro benzene ring substituents is 1. The van der Waals surface area contributed by atoms with Crippen LogP contribution in [0.1, 0.15) is 23.2 Å². The maximum Gasteiger partial charge on any atom is 0.294 e. The molecule has 120 valence electrons. The van der Waals surface area contributed by atoms with Crippen LogP contribution < -0.4 is 11.1 Å². The number of nitrogens with two attached hydrogens (primary N) is 1. The van der Waals surface area contributed by atoms with Gasteiger partial charge in [-0.1, -0.05) is 0 Å². The third-order valence-corrected chi connectivity index (χ3v) is 3.94. The average Bonchev–Trinajstić information content (AvgIpc) is 3.26. The van der Waals surface area contributed by atoms with E-state index in [0.717, 1.165) is 12.8 Å². The van der Waals surface area contributed by atoms with Crippen LogP contribution in [0.2, 0.25) is 0 Å². The quantitative estimate of drug-likeness (QED) is 0.614. The topological polar surface area (TPSA) is 116 Å². The van der Waals surface area contributed by atoms with Crippen molar-refractivity contribution in [2.75, 3.05) is 6.54 Å². The molecular formula is C15H17N5O3. The van der Waals surface area contributed by atoms with Gasteiger partial charge in [0.25, 0.3) is 11.6 Å². The van der Waals surface area contributed by atoms with E-state index in [1.165, 1.54) is 29.2 Å². The summed E-state index contributed by atoms with van der Waals surface area (Å²) in [6, 6.07) is 4.31. The van der Waals surface area contributed by atoms with Crippen molar-refractivity contribution in [1.29, 1.82) is 0 Å². The number of benzene rings is 1. The smallest absolute Gasteiger partial charge is 0.294 e. The summed E-state index contributed by atoms with van der Waals surface area (Å²) in [6.07, 6.45) is 6.81. The lowest BCUT2D eigenvalue weighted by molar-refractivity contribution is -0.384. The van der Waals surface area contributed by atoms with Crippen LogP contribution in [0.3, 0.4) is 0 Å². The maximum absolute atomic E-state index is 12.2. The Balaban J connectivity index is 1.78. The van der Waals surface area contributed by atoms with Gasteiger partial charge in [-0.3, -0.25) is 14.9 Å². The molecule has 1 aromatic heterocycles. The van der Waals surface area contributed by atoms with Crippen molar-refractivity contribution in [2.24, 2.45) is 11.7 Å². The minimum Gasteiger partial charge on any atom is -0.350 e. The zero-order chi connectivity index (χ0) is 16.4. The summed E-state index contributed by atoms with van der Waals surface area (Å²) in [5.41, 5.74) is 6.39. The molecule has 0 aliphatic heterocycles. The first-order chi connectivity index (χ1) is 11.1. The fourth-order valence-corrected chi connectivity index (χ4v) is 2.43. The zero-order valence-electron chi connectivity index (χ0n) is 12.4. The van der Waals surface area contributed by atoms with Crippen molar-refractivity contribution in [1.82, 2.24) is 14.9 Å². The monoisotopic (exact) mass is 315 g/mol. The van der Waals surface area contributed by atoms with Crippen LogP contribution in [0.15, 0.2) is 36.9 Å². The molecule has 1 atom stereocenters. The first-order valence-corrected chi connectivity index (χ1v) is 7.37. The SMILES string of the molecule is NC(CNC(=O)c1ccc(-n2ccnc2)c([N+](=O)[O-])c1)C1CC1. The van der Waals surface area contributed by atoms with E-state index in [4.69, 9.17) is 5.73 Å². The molecule has 0 bridgehead atoms. The van der Waals surface area contributed by atoms with Crippen LogP contribution in [-0.2, 0) is 0 Å². The number of nitrogens with one attached hydrogen (secondary N) is 1. The van der Waals surface area contributed by atoms with Crippen molar-refractivity contribution >= 4 is 11.6 Å². The Labute approximate surface area is 132 Å². The second kappa shape index (κ2) is 6.17. The zero-order valence-corrected chi connectivity index (χ0v) is 12.4. The molecule has 1 amide bonds. The van der Waals surface area contributed by atoms with E-state index in [1.807, 2.05) is 0 Å². The average molecular weight is 315 g/mol. The van der Waals surface area contributed by atoms with E-state index in [9.17, 15) is 14.9 Å². The molecule has 1 aliphatic rings. The minimum absolute atomic E-state index is 0.0563. The molecule has 8 nitrogen and oxygen atoms in total. The largest absolute Gasteiger partial charge is 0.350 e. The highest BCUT2D eigenvalue weighted by Crippen LogP contribution is 2.31. The summed E-state index contributed by atoms with van der Waals surface area (Å²) in [5.74, 6) is 0.120. The Morgan fingerprint density at radius 1 is 1.52 bits per heavy atom. The fraction of sp³-hybridized carbons (Fsp3) is 0.333. The van der Waals surface area contributed by atoms with Crippen LogP contribution in [0.4, 0.5) is 5.69 Å². The summed E-state index contributed by atoms with van der Waals surface area (Å²) >= 11 is 0. The number of aromatic nitrogens is 2. The molecule has 1 aliphatic carbocycles. The number of nitrogens with zero attached hydrogens (tertiary/aromatic N) is 3. The number of hydrogen-bond donors (Lipinski definition) is 2. The molecule has 1 unspecified atom stereocenters. The molecule has 0 radical (unpaired) electrons. The molecule has 0 saturated heterocycles. The third-order valence-electron chi connectivity index (χ3n) is 3.94. The second-order valence-corrected chi connectivity index (χ2v) is 5.64. The van der Waals surface area contributed by atoms with Gasteiger partial charge in [-0.05, 0) is 30.9 Å². The van der Waals surface area contributed by atoms with Crippen LogP contribution >= 0.6 is 0 Å². The number of nitro groups is 1. The molecule has 3 N–H and O–H groups in total. The Kier molecular flexibility index (Phi) is 4.07. The predicted octanol–water partition coefficient (Wildman–Crippen LogP) is 1.25. The van der Waals surface area contributed by atoms with Crippen molar-refractivity contribution in [3.05, 3.63) is 52.6 Å². The van der Waals surface area contributed by atoms with Crippen molar-refractivity contribution in [3.63, 3.8) is 0 Å². The Hall–Kier alpha value is -2.74. The number of carbonyl (C=O) groups is 1. The molecule has 23 heavy (non-hydrogen) atoms. The molecule has 3 rings (SSSR count). The summed E-state index contributed by atoms with van der Waals surface area (Å²) in [5, 5.41) is 14.0. The Morgan fingerprint density at radius 2 is 2.30 bits per heavy atom. The van der Waals surface area contributed by atoms with Crippen LogP contribution in [-0.4, -0.2) is 33.0 Å². The number of imidazole rings is 1. The number of amides is 1. The lowest BCUT2D eigenvalue weighted by atomic mass is 10.1. The first kappa shape index (κ1) is 15.2. The highest BCUT2D eigenvalue weighted by atomic mass is 16.6. The van der Waals surface area contributed by atoms with Gasteiger partial charge < -0.3 is 15.6 Å². The van der Waals surface area contributed by atoms with Gasteiger partial charge in [-0.2, -0.15) is 0 Å². The van der Waals surface area contributed by atoms with Gasteiger partial charge in [0.15, 0.2) is 0 Å². The minimum atomic E-state index is -0.512. The van der Waals surface area contributed by atoms with E-state index in [2.05, 4.69) is 10.3 Å². The Morgan fingerprint density at radius 3 is 2.91 bits per heavy atom. The van der Waals surface area contributed by atoms with Crippen LogP contribution in [0.25, 0.3) is 5.69 Å². The van der Waals surface area contributed by atoms with Gasteiger partial charge >= 0.3 is 0 Å². The normalized spacial score (nSPS) is 15.2. The molecule has 1 heterocycles. The lowest BCUT2D eigenvalue weighted by Gasteiger charge is -2.12. The van der Waals surface area contributed by atoms with Gasteiger partial charge in [-0.25, -0.2) is 4.98 Å². The number of hydrogen-bond acceptors (Lipinski definition) is 5. The van der Waals surface area contributed by atoms with Crippen molar-refractivity contribution in [2.45, 2.75) is 18.9 Å². The van der Waals surface area contributed by atoms with Crippen molar-refractivity contribution < 1.29 is 9.72 Å². The van der Waals surface area contributed by atoms with Crippen LogP contribution in [0.5, 0.6) is 0 Å². The van der Waals surface area contributed by atoms with E-state index in [0.29, 0.717) is 18.2 Å². The van der Waals surface area contributed by atoms with E-state index >= 15 is 0 Å². The van der Waals surface area contributed by atoms with Gasteiger partial charge in [-0.15, -0.1) is 0 Å². The third kappa shape index (κ3) is 3.37. The van der Waals surface area contributed by atoms with Gasteiger partial charge in [0, 0.05) is 36.6 Å². The fourth-order valence-electron chi connectivity index (χ4n) is 2.43. The van der Waals surface area contributed by atoms with E-state index in [-0.39, 0.29) is 23.2 Å². The van der Waals surface area contributed by atoms with Gasteiger partial charge in [0.1, 0.15) is 5.69 Å². The molecule has 1 fully saturated rings. The van der Waals surface area contributed by atoms with Gasteiger partial charge in [0.05, 0.1) is 11.3 Å². The summed E-state index contributed by atoms with van der Waals surface area (Å²) < 4.78 is 1.53. The van der Waals surface area contributed by atoms with E-state index < -0.39 is 4.92 Å². The van der Waals surface area contributed by atoms with Gasteiger partial charge in [0.2, 0.25) is 0 Å². The Bertz CT molecular complexity index is 725. The molecule has 1 aromatic carbocycles. The number of rotatable bonds is 6. The first-order valence-electron chi connectivity index (χ1n) is 7.37. The molecular weight excluding hydrogens is 298 g/mol. The standard InChI is InChI=1S/C15H17N5O3/c16-12(10-1-2-10)8-18-15(21)11-3-4-13(14(7-11)20(22)23)19-6-5-17-9-19/h3-7,9-10,12H,1-2,8,16H2,(H,18,21). The molecule has 1 saturated carbocycles. The maximum atomic E-state index is 12.2. The summed E-state index contributed by atoms with van der Waals surface area (Å²) in [4.78, 5) is 26.8. The summed E-state index contributed by atoms with van der Waals surface area (Å²) in [6.45, 7) is 0.376. The molecule has 8 heteroatoms. The second-order valence-electron chi connectivity index (χ2n) is 5.64. The van der Waals surface area contributed by atoms with Crippen molar-refractivity contribution in [3.8, 4) is 5.69 Å². The lowest BCUT2D eigenvalue weighted by Crippen LogP contribution is -2.38. The summed E-state index contributed by atoms with van der Waals surface area (Å²) in [7, 11) is 0. The highest BCUT2D eigenvalue weighted by Gasteiger charge is 2.28. The van der Waals surface area contributed by atoms with E-state index in [1.54, 1.807) is 12.3 Å². The predicted molar refractivity (Wildman–Crippen MR) is 83.3 cm³/mol. The number of carbonyl (C=O) groups excluding carboxylic acids is 1. The molecule has 0 spiro atoms. The molecule has 2 aromatic rings. The van der Waals surface area contributed by atoms with Crippen LogP contribution in [0, 0.1) is 16.0 Å². The highest BCUT2D eigenvalue weighted by molar-refractivity contribution is 5.95.